The molecule has 0 heterocycles. The lowest BCUT2D eigenvalue weighted by molar-refractivity contribution is -0.161. The predicted octanol–water partition coefficient (Wildman–Crippen LogP) is 8.60. The van der Waals surface area contributed by atoms with Crippen LogP contribution in [0.4, 0.5) is 0 Å². The van der Waals surface area contributed by atoms with Crippen molar-refractivity contribution in [2.75, 3.05) is 0 Å². The third-order valence-electron chi connectivity index (χ3n) is 10.9. The molecule has 0 aromatic carbocycles. The minimum absolute atomic E-state index is 0.0394. The molecule has 8 atom stereocenters. The number of carbonyl (C=O) groups is 1. The van der Waals surface area contributed by atoms with Gasteiger partial charge in [-0.25, -0.2) is 0 Å². The van der Waals surface area contributed by atoms with Gasteiger partial charge in [0.05, 0.1) is 5.41 Å². The van der Waals surface area contributed by atoms with Crippen LogP contribution in [0, 0.1) is 51.8 Å². The van der Waals surface area contributed by atoms with Crippen LogP contribution >= 0.6 is 0 Å². The molecule has 0 amide bonds. The maximum absolute atomic E-state index is 12.5. The first-order valence-corrected chi connectivity index (χ1v) is 14.3. The molecule has 0 unspecified atom stereocenters. The van der Waals surface area contributed by atoms with E-state index in [1.807, 2.05) is 20.8 Å². The minimum atomic E-state index is -0.411. The molecule has 0 N–H and O–H groups in total. The molecule has 4 aliphatic carbocycles. The van der Waals surface area contributed by atoms with Crippen molar-refractivity contribution in [2.45, 2.75) is 126 Å². The Hall–Kier alpha value is -0.790. The molecule has 0 saturated heterocycles. The van der Waals surface area contributed by atoms with E-state index >= 15 is 0 Å². The second-order valence-electron chi connectivity index (χ2n) is 14.5. The fourth-order valence-corrected chi connectivity index (χ4v) is 8.83. The topological polar surface area (TPSA) is 26.3 Å². The highest BCUT2D eigenvalue weighted by molar-refractivity contribution is 5.75. The van der Waals surface area contributed by atoms with Gasteiger partial charge in [-0.15, -0.1) is 0 Å². The van der Waals surface area contributed by atoms with Gasteiger partial charge in [-0.05, 0) is 112 Å². The smallest absolute Gasteiger partial charge is 0.311 e. The maximum Gasteiger partial charge on any atom is 0.311 e. The van der Waals surface area contributed by atoms with Crippen LogP contribution in [0.3, 0.4) is 0 Å². The standard InChI is InChI=1S/C31H52O2/c1-20(2)9-10-21(3)25-13-14-26-24-12-11-22-19-23(33-28(32)29(4,5)6)15-17-30(22,7)27(24)16-18-31(25,26)8/h11,20-21,23-27H,9-10,12-19H2,1-8H3/t21-,23+,24+,25-,26+,27+,30+,31-/m1/s1. The fraction of sp³-hybridized carbons (Fsp3) is 0.903. The van der Waals surface area contributed by atoms with Gasteiger partial charge in [-0.1, -0.05) is 59.1 Å². The van der Waals surface area contributed by atoms with Crippen molar-refractivity contribution < 1.29 is 9.53 Å². The monoisotopic (exact) mass is 456 g/mol. The predicted molar refractivity (Wildman–Crippen MR) is 138 cm³/mol. The summed E-state index contributed by atoms with van der Waals surface area (Å²) < 4.78 is 5.97. The first kappa shape index (κ1) is 25.3. The van der Waals surface area contributed by atoms with Gasteiger partial charge in [0.15, 0.2) is 0 Å². The normalized spacial score (nSPS) is 41.6. The zero-order valence-corrected chi connectivity index (χ0v) is 23.0. The minimum Gasteiger partial charge on any atom is -0.462 e. The van der Waals surface area contributed by atoms with Crippen LogP contribution in [0.2, 0.25) is 0 Å². The van der Waals surface area contributed by atoms with Gasteiger partial charge in [0, 0.05) is 6.42 Å². The van der Waals surface area contributed by atoms with E-state index in [1.54, 1.807) is 5.57 Å². The number of carbonyl (C=O) groups excluding carboxylic acids is 1. The lowest BCUT2D eigenvalue weighted by Crippen LogP contribution is -2.51. The number of rotatable bonds is 5. The van der Waals surface area contributed by atoms with Crippen LogP contribution in [0.25, 0.3) is 0 Å². The first-order valence-electron chi connectivity index (χ1n) is 14.3. The van der Waals surface area contributed by atoms with E-state index in [0.717, 1.165) is 48.3 Å². The summed E-state index contributed by atoms with van der Waals surface area (Å²) in [5.74, 6) is 5.20. The van der Waals surface area contributed by atoms with Gasteiger partial charge >= 0.3 is 5.97 Å². The van der Waals surface area contributed by atoms with Crippen molar-refractivity contribution in [1.82, 2.24) is 0 Å². The number of fused-ring (bicyclic) bond motifs is 5. The van der Waals surface area contributed by atoms with Crippen LogP contribution in [-0.4, -0.2) is 12.1 Å². The highest BCUT2D eigenvalue weighted by Crippen LogP contribution is 2.67. The lowest BCUT2D eigenvalue weighted by Gasteiger charge is -2.58. The molecular weight excluding hydrogens is 404 g/mol. The summed E-state index contributed by atoms with van der Waals surface area (Å²) in [4.78, 5) is 12.5. The Labute approximate surface area is 204 Å². The van der Waals surface area contributed by atoms with Gasteiger partial charge in [0.1, 0.15) is 6.10 Å². The summed E-state index contributed by atoms with van der Waals surface area (Å²) in [7, 11) is 0. The summed E-state index contributed by atoms with van der Waals surface area (Å²) in [6.07, 6.45) is 15.7. The number of esters is 1. The van der Waals surface area contributed by atoms with Crippen molar-refractivity contribution >= 4 is 5.97 Å². The molecule has 4 rings (SSSR count). The van der Waals surface area contributed by atoms with E-state index in [0.29, 0.717) is 10.8 Å². The molecule has 0 aromatic rings. The van der Waals surface area contributed by atoms with Crippen molar-refractivity contribution in [1.29, 1.82) is 0 Å². The Kier molecular flexibility index (Phi) is 6.91. The quantitative estimate of drug-likeness (QED) is 0.306. The van der Waals surface area contributed by atoms with E-state index in [1.165, 1.54) is 51.4 Å². The highest BCUT2D eigenvalue weighted by Gasteiger charge is 2.59. The van der Waals surface area contributed by atoms with E-state index < -0.39 is 5.41 Å². The van der Waals surface area contributed by atoms with E-state index in [9.17, 15) is 4.79 Å². The van der Waals surface area contributed by atoms with Gasteiger partial charge in [0.25, 0.3) is 0 Å². The second-order valence-corrected chi connectivity index (χ2v) is 14.5. The molecule has 0 radical (unpaired) electrons. The highest BCUT2D eigenvalue weighted by atomic mass is 16.5. The van der Waals surface area contributed by atoms with E-state index in [-0.39, 0.29) is 12.1 Å². The van der Waals surface area contributed by atoms with Crippen molar-refractivity contribution in [3.63, 3.8) is 0 Å². The number of hydrogen-bond acceptors (Lipinski definition) is 2. The van der Waals surface area contributed by atoms with Gasteiger partial charge in [-0.2, -0.15) is 0 Å². The van der Waals surface area contributed by atoms with Crippen LogP contribution in [0.1, 0.15) is 120 Å². The largest absolute Gasteiger partial charge is 0.462 e. The number of hydrogen-bond donors (Lipinski definition) is 0. The van der Waals surface area contributed by atoms with Gasteiger partial charge < -0.3 is 4.74 Å². The zero-order chi connectivity index (χ0) is 24.2. The number of ether oxygens (including phenoxy) is 1. The molecule has 3 saturated carbocycles. The summed E-state index contributed by atoms with van der Waals surface area (Å²) >= 11 is 0. The summed E-state index contributed by atoms with van der Waals surface area (Å²) in [6, 6.07) is 0. The Bertz CT molecular complexity index is 757. The molecule has 2 nitrogen and oxygen atoms in total. The van der Waals surface area contributed by atoms with Crippen molar-refractivity contribution in [2.24, 2.45) is 51.8 Å². The Morgan fingerprint density at radius 1 is 1.03 bits per heavy atom. The van der Waals surface area contributed by atoms with Crippen LogP contribution in [-0.2, 0) is 9.53 Å². The Balaban J connectivity index is 1.47. The third-order valence-corrected chi connectivity index (χ3v) is 10.9. The van der Waals surface area contributed by atoms with E-state index in [4.69, 9.17) is 4.74 Å². The lowest BCUT2D eigenvalue weighted by atomic mass is 9.47. The van der Waals surface area contributed by atoms with Crippen LogP contribution in [0.5, 0.6) is 0 Å². The first-order chi connectivity index (χ1) is 15.4. The molecule has 33 heavy (non-hydrogen) atoms. The van der Waals surface area contributed by atoms with Gasteiger partial charge in [-0.3, -0.25) is 4.79 Å². The Morgan fingerprint density at radius 3 is 2.42 bits per heavy atom. The molecule has 2 heteroatoms. The molecular formula is C31H52O2. The SMILES string of the molecule is CC(C)CC[C@@H](C)[C@H]1CC[C@H]2[C@@H]3CC=C4C[C@@H](OC(=O)C(C)(C)C)CC[C@]4(C)[C@H]3CC[C@]12C. The second kappa shape index (κ2) is 9.02. The number of allylic oxidation sites excluding steroid dienone is 1. The summed E-state index contributed by atoms with van der Waals surface area (Å²) in [5.41, 5.74) is 2.09. The summed E-state index contributed by atoms with van der Waals surface area (Å²) in [5, 5.41) is 0. The van der Waals surface area contributed by atoms with Gasteiger partial charge in [0.2, 0.25) is 0 Å². The third kappa shape index (κ3) is 4.58. The van der Waals surface area contributed by atoms with Crippen molar-refractivity contribution in [3.8, 4) is 0 Å². The Morgan fingerprint density at radius 2 is 1.76 bits per heavy atom. The van der Waals surface area contributed by atoms with Crippen molar-refractivity contribution in [3.05, 3.63) is 11.6 Å². The molecule has 0 aromatic heterocycles. The van der Waals surface area contributed by atoms with E-state index in [2.05, 4.69) is 40.7 Å². The fourth-order valence-electron chi connectivity index (χ4n) is 8.83. The molecule has 4 aliphatic rings. The zero-order valence-electron chi connectivity index (χ0n) is 23.0. The van der Waals surface area contributed by atoms with Crippen LogP contribution in [0.15, 0.2) is 11.6 Å². The molecule has 0 spiro atoms. The van der Waals surface area contributed by atoms with Crippen LogP contribution < -0.4 is 0 Å². The molecule has 3 fully saturated rings. The average Bonchev–Trinajstić information content (AvgIpc) is 3.08. The maximum atomic E-state index is 12.5. The molecule has 0 bridgehead atoms. The summed E-state index contributed by atoms with van der Waals surface area (Å²) in [6.45, 7) is 18.5. The molecule has 0 aliphatic heterocycles. The average molecular weight is 457 g/mol. The molecule has 188 valence electrons.